The fraction of sp³-hybridized carbons (Fsp3) is 0.421. The average Bonchev–Trinajstić information content (AvgIpc) is 3.45. The molecule has 114 valence electrons. The van der Waals surface area contributed by atoms with Gasteiger partial charge < -0.3 is 10.1 Å². The molecule has 2 saturated carbocycles. The van der Waals surface area contributed by atoms with Gasteiger partial charge in [-0.25, -0.2) is 0 Å². The monoisotopic (exact) mass is 295 g/mol. The Hall–Kier alpha value is -2.03. The lowest BCUT2D eigenvalue weighted by Gasteiger charge is -2.12. The highest BCUT2D eigenvalue weighted by Crippen LogP contribution is 2.51. The second kappa shape index (κ2) is 5.31. The van der Waals surface area contributed by atoms with Crippen molar-refractivity contribution in [3.8, 4) is 5.75 Å². The second-order valence-corrected chi connectivity index (χ2v) is 6.68. The van der Waals surface area contributed by atoms with E-state index in [0.29, 0.717) is 29.7 Å². The van der Waals surface area contributed by atoms with Crippen molar-refractivity contribution < 1.29 is 9.90 Å². The van der Waals surface area contributed by atoms with E-state index in [2.05, 4.69) is 17.1 Å². The van der Waals surface area contributed by atoms with Gasteiger partial charge in [0, 0.05) is 12.6 Å². The molecule has 0 atom stereocenters. The van der Waals surface area contributed by atoms with Crippen LogP contribution in [0.5, 0.6) is 5.75 Å². The van der Waals surface area contributed by atoms with E-state index >= 15 is 0 Å². The van der Waals surface area contributed by atoms with Crippen molar-refractivity contribution in [2.24, 2.45) is 0 Å². The normalized spacial score (nSPS) is 17.6. The van der Waals surface area contributed by atoms with Crippen LogP contribution in [0.3, 0.4) is 0 Å². The zero-order valence-corrected chi connectivity index (χ0v) is 12.6. The molecular formula is C19H21NO2. The molecule has 0 unspecified atom stereocenters. The van der Waals surface area contributed by atoms with Gasteiger partial charge in [-0.05, 0) is 72.8 Å². The van der Waals surface area contributed by atoms with Crippen molar-refractivity contribution in [3.63, 3.8) is 0 Å². The first-order valence-corrected chi connectivity index (χ1v) is 8.24. The fourth-order valence-corrected chi connectivity index (χ4v) is 3.20. The molecule has 0 radical (unpaired) electrons. The molecule has 3 nitrogen and oxygen atoms in total. The van der Waals surface area contributed by atoms with Gasteiger partial charge in [-0.15, -0.1) is 0 Å². The Morgan fingerprint density at radius 1 is 1.14 bits per heavy atom. The van der Waals surface area contributed by atoms with E-state index in [0.717, 1.165) is 17.5 Å². The predicted octanol–water partition coefficient (Wildman–Crippen LogP) is 4.29. The van der Waals surface area contributed by atoms with E-state index in [4.69, 9.17) is 0 Å². The molecule has 1 aromatic carbocycles. The summed E-state index contributed by atoms with van der Waals surface area (Å²) in [7, 11) is 0. The Labute approximate surface area is 130 Å². The minimum absolute atomic E-state index is 0.152. The molecule has 22 heavy (non-hydrogen) atoms. The number of hydrogen-bond acceptors (Lipinski definition) is 2. The van der Waals surface area contributed by atoms with Crippen LogP contribution >= 0.6 is 0 Å². The zero-order valence-electron chi connectivity index (χ0n) is 12.6. The Balaban J connectivity index is 1.54. The van der Waals surface area contributed by atoms with Crippen LogP contribution in [0.1, 0.15) is 71.1 Å². The number of nitrogens with one attached hydrogen (secondary N) is 1. The number of aromatic amines is 1. The van der Waals surface area contributed by atoms with Crippen LogP contribution in [0.25, 0.3) is 0 Å². The molecule has 2 aliphatic rings. The Kier molecular flexibility index (Phi) is 3.29. The summed E-state index contributed by atoms with van der Waals surface area (Å²) in [6.07, 6.45) is 7.78. The number of Topliss-reactive ketones (excluding diaryl/α,β-unsaturated/α-hetero) is 1. The number of aryl methyl sites for hydroxylation is 1. The van der Waals surface area contributed by atoms with Gasteiger partial charge in [-0.1, -0.05) is 12.1 Å². The SMILES string of the molecule is O=C(CCc1cc(C2CC2)c(O)c(C2CC2)c1)c1ccc[nH]1. The lowest BCUT2D eigenvalue weighted by Crippen LogP contribution is -2.02. The minimum Gasteiger partial charge on any atom is -0.507 e. The van der Waals surface area contributed by atoms with Gasteiger partial charge in [0.05, 0.1) is 5.69 Å². The molecule has 2 aromatic rings. The number of H-pyrrole nitrogens is 1. The van der Waals surface area contributed by atoms with Crippen molar-refractivity contribution in [3.05, 3.63) is 52.8 Å². The zero-order chi connectivity index (χ0) is 15.1. The van der Waals surface area contributed by atoms with Crippen molar-refractivity contribution in [2.75, 3.05) is 0 Å². The number of carbonyl (C=O) groups excluding carboxylic acids is 1. The van der Waals surface area contributed by atoms with Gasteiger partial charge in [0.15, 0.2) is 5.78 Å². The summed E-state index contributed by atoms with van der Waals surface area (Å²) in [5.41, 5.74) is 4.11. The van der Waals surface area contributed by atoms with E-state index in [1.54, 1.807) is 6.20 Å². The lowest BCUT2D eigenvalue weighted by atomic mass is 9.95. The number of phenols is 1. The summed E-state index contributed by atoms with van der Waals surface area (Å²) in [5.74, 6) is 1.76. The van der Waals surface area contributed by atoms with Crippen molar-refractivity contribution in [1.29, 1.82) is 0 Å². The fourth-order valence-electron chi connectivity index (χ4n) is 3.20. The number of aromatic nitrogens is 1. The number of aromatic hydroxyl groups is 1. The first-order chi connectivity index (χ1) is 10.7. The summed E-state index contributed by atoms with van der Waals surface area (Å²) in [4.78, 5) is 15.1. The molecule has 0 bridgehead atoms. The summed E-state index contributed by atoms with van der Waals surface area (Å²) >= 11 is 0. The Morgan fingerprint density at radius 3 is 2.27 bits per heavy atom. The largest absolute Gasteiger partial charge is 0.507 e. The third-order valence-electron chi connectivity index (χ3n) is 4.80. The smallest absolute Gasteiger partial charge is 0.179 e. The van der Waals surface area contributed by atoms with Crippen LogP contribution in [0.15, 0.2) is 30.5 Å². The molecule has 1 heterocycles. The summed E-state index contributed by atoms with van der Waals surface area (Å²) < 4.78 is 0. The average molecular weight is 295 g/mol. The number of carbonyl (C=O) groups is 1. The highest BCUT2D eigenvalue weighted by Gasteiger charge is 2.32. The van der Waals surface area contributed by atoms with Crippen LogP contribution in [-0.4, -0.2) is 15.9 Å². The van der Waals surface area contributed by atoms with Crippen LogP contribution in [-0.2, 0) is 6.42 Å². The third-order valence-corrected chi connectivity index (χ3v) is 4.80. The van der Waals surface area contributed by atoms with E-state index < -0.39 is 0 Å². The van der Waals surface area contributed by atoms with Crippen LogP contribution in [0.2, 0.25) is 0 Å². The maximum absolute atomic E-state index is 12.1. The van der Waals surface area contributed by atoms with Gasteiger partial charge in [-0.3, -0.25) is 4.79 Å². The number of phenolic OH excluding ortho intramolecular Hbond substituents is 1. The molecule has 3 heteroatoms. The van der Waals surface area contributed by atoms with Gasteiger partial charge in [0.2, 0.25) is 0 Å². The topological polar surface area (TPSA) is 53.1 Å². The van der Waals surface area contributed by atoms with Gasteiger partial charge in [0.1, 0.15) is 5.75 Å². The number of hydrogen-bond donors (Lipinski definition) is 2. The first-order valence-electron chi connectivity index (χ1n) is 8.24. The van der Waals surface area contributed by atoms with Crippen molar-refractivity contribution >= 4 is 5.78 Å². The van der Waals surface area contributed by atoms with Gasteiger partial charge in [0.25, 0.3) is 0 Å². The molecule has 0 saturated heterocycles. The van der Waals surface area contributed by atoms with Crippen molar-refractivity contribution in [2.45, 2.75) is 50.4 Å². The molecule has 1 aromatic heterocycles. The first kappa shape index (κ1) is 13.6. The molecule has 0 spiro atoms. The van der Waals surface area contributed by atoms with Crippen LogP contribution in [0, 0.1) is 0 Å². The molecule has 2 N–H and O–H groups in total. The lowest BCUT2D eigenvalue weighted by molar-refractivity contribution is 0.0978. The quantitative estimate of drug-likeness (QED) is 0.781. The van der Waals surface area contributed by atoms with Gasteiger partial charge in [-0.2, -0.15) is 0 Å². The molecule has 2 fully saturated rings. The molecule has 2 aliphatic carbocycles. The minimum atomic E-state index is 0.152. The maximum atomic E-state index is 12.1. The van der Waals surface area contributed by atoms with E-state index in [1.807, 2.05) is 12.1 Å². The predicted molar refractivity (Wildman–Crippen MR) is 85.5 cm³/mol. The summed E-state index contributed by atoms with van der Waals surface area (Å²) in [5, 5.41) is 10.5. The third kappa shape index (κ3) is 2.68. The molecular weight excluding hydrogens is 274 g/mol. The van der Waals surface area contributed by atoms with Crippen LogP contribution < -0.4 is 0 Å². The van der Waals surface area contributed by atoms with E-state index in [1.165, 1.54) is 31.2 Å². The summed E-state index contributed by atoms with van der Waals surface area (Å²) in [6.45, 7) is 0. The second-order valence-electron chi connectivity index (χ2n) is 6.68. The van der Waals surface area contributed by atoms with Gasteiger partial charge >= 0.3 is 0 Å². The van der Waals surface area contributed by atoms with Crippen molar-refractivity contribution in [1.82, 2.24) is 4.98 Å². The molecule has 0 aliphatic heterocycles. The van der Waals surface area contributed by atoms with E-state index in [9.17, 15) is 9.90 Å². The Bertz CT molecular complexity index is 661. The van der Waals surface area contributed by atoms with E-state index in [-0.39, 0.29) is 5.78 Å². The maximum Gasteiger partial charge on any atom is 0.179 e. The Morgan fingerprint density at radius 2 is 1.77 bits per heavy atom. The molecule has 4 rings (SSSR count). The highest BCUT2D eigenvalue weighted by atomic mass is 16.3. The molecule has 0 amide bonds. The standard InChI is InChI=1S/C19H21NO2/c21-18(17-2-1-9-20-17)8-3-12-10-15(13-4-5-13)19(22)16(11-12)14-6-7-14/h1-2,9-11,13-14,20,22H,3-8H2. The number of ketones is 1. The highest BCUT2D eigenvalue weighted by molar-refractivity contribution is 5.94. The number of rotatable bonds is 6. The number of benzene rings is 1. The summed E-state index contributed by atoms with van der Waals surface area (Å²) in [6, 6.07) is 7.93. The van der Waals surface area contributed by atoms with Crippen LogP contribution in [0.4, 0.5) is 0 Å².